The molecule has 2 fully saturated rings. The summed E-state index contributed by atoms with van der Waals surface area (Å²) in [6.45, 7) is 0. The van der Waals surface area contributed by atoms with Crippen molar-refractivity contribution in [3.63, 3.8) is 0 Å². The average molecular weight is 304 g/mol. The fraction of sp³-hybridized carbons (Fsp3) is 0.400. The van der Waals surface area contributed by atoms with Crippen molar-refractivity contribution in [3.8, 4) is 0 Å². The number of primary amides is 1. The van der Waals surface area contributed by atoms with Crippen molar-refractivity contribution in [1.29, 1.82) is 0 Å². The summed E-state index contributed by atoms with van der Waals surface area (Å²) in [5.41, 5.74) is 5.97. The average Bonchev–Trinajstić information content (AvgIpc) is 3.08. The number of nitrogens with one attached hydrogen (secondary N) is 1. The van der Waals surface area contributed by atoms with Gasteiger partial charge in [-0.3, -0.25) is 14.4 Å². The topological polar surface area (TPSA) is 119 Å². The van der Waals surface area contributed by atoms with Gasteiger partial charge >= 0.3 is 5.97 Å². The fourth-order valence-electron chi connectivity index (χ4n) is 3.27. The van der Waals surface area contributed by atoms with Gasteiger partial charge in [0.25, 0.3) is 0 Å². The maximum absolute atomic E-state index is 12.4. The summed E-state index contributed by atoms with van der Waals surface area (Å²) in [5.74, 6) is -3.41. The monoisotopic (exact) mass is 304 g/mol. The standard InChI is InChI=1S/C15H16N2O5/c16-13(18)7-1-3-8(4-2-7)17-14(19)11-9-5-6-10(22-9)12(11)15(20)21/h1-4,9-12H,5-6H2,(H2,16,18)(H,17,19)(H,20,21)/t9-,10+,11-,12-/m0/s1. The van der Waals surface area contributed by atoms with Gasteiger partial charge in [0.2, 0.25) is 11.8 Å². The number of carboxylic acids is 1. The molecule has 22 heavy (non-hydrogen) atoms. The van der Waals surface area contributed by atoms with Crippen LogP contribution >= 0.6 is 0 Å². The number of carbonyl (C=O) groups excluding carboxylic acids is 2. The third-order valence-electron chi connectivity index (χ3n) is 4.30. The van der Waals surface area contributed by atoms with Crippen molar-refractivity contribution in [2.45, 2.75) is 25.0 Å². The number of fused-ring (bicyclic) bond motifs is 2. The Morgan fingerprint density at radius 1 is 1.09 bits per heavy atom. The lowest BCUT2D eigenvalue weighted by Crippen LogP contribution is -2.40. The molecule has 2 aliphatic heterocycles. The molecule has 2 amide bonds. The number of hydrogen-bond acceptors (Lipinski definition) is 4. The molecule has 0 aliphatic carbocycles. The Bertz CT molecular complexity index is 627. The zero-order valence-electron chi connectivity index (χ0n) is 11.7. The Hall–Kier alpha value is -2.41. The van der Waals surface area contributed by atoms with E-state index in [4.69, 9.17) is 10.5 Å². The molecule has 4 atom stereocenters. The maximum Gasteiger partial charge on any atom is 0.310 e. The number of aliphatic carboxylic acids is 1. The van der Waals surface area contributed by atoms with E-state index in [0.29, 0.717) is 24.1 Å². The van der Waals surface area contributed by atoms with E-state index in [-0.39, 0.29) is 18.1 Å². The van der Waals surface area contributed by atoms with Gasteiger partial charge < -0.3 is 20.9 Å². The summed E-state index contributed by atoms with van der Waals surface area (Å²) in [4.78, 5) is 34.8. The third-order valence-corrected chi connectivity index (χ3v) is 4.30. The lowest BCUT2D eigenvalue weighted by molar-refractivity contribution is -0.147. The van der Waals surface area contributed by atoms with E-state index in [0.717, 1.165) is 0 Å². The number of nitrogens with two attached hydrogens (primary N) is 1. The molecule has 0 saturated carbocycles. The second-order valence-corrected chi connectivity index (χ2v) is 5.61. The Morgan fingerprint density at radius 2 is 1.68 bits per heavy atom. The van der Waals surface area contributed by atoms with Crippen molar-refractivity contribution in [2.24, 2.45) is 17.6 Å². The highest BCUT2D eigenvalue weighted by atomic mass is 16.5. The number of ether oxygens (including phenoxy) is 1. The molecule has 1 aromatic carbocycles. The molecule has 116 valence electrons. The third kappa shape index (κ3) is 2.43. The summed E-state index contributed by atoms with van der Waals surface area (Å²) < 4.78 is 5.57. The molecule has 2 saturated heterocycles. The van der Waals surface area contributed by atoms with E-state index in [1.165, 1.54) is 12.1 Å². The normalized spacial score (nSPS) is 29.3. The zero-order valence-corrected chi connectivity index (χ0v) is 11.7. The molecule has 2 bridgehead atoms. The molecule has 3 rings (SSSR count). The summed E-state index contributed by atoms with van der Waals surface area (Å²) in [6, 6.07) is 6.12. The van der Waals surface area contributed by atoms with Crippen molar-refractivity contribution in [3.05, 3.63) is 29.8 Å². The summed E-state index contributed by atoms with van der Waals surface area (Å²) in [5, 5.41) is 12.0. The predicted molar refractivity (Wildman–Crippen MR) is 76.1 cm³/mol. The summed E-state index contributed by atoms with van der Waals surface area (Å²) >= 11 is 0. The lowest BCUT2D eigenvalue weighted by atomic mass is 9.78. The highest BCUT2D eigenvalue weighted by Gasteiger charge is 2.55. The van der Waals surface area contributed by atoms with E-state index in [1.54, 1.807) is 12.1 Å². The molecular weight excluding hydrogens is 288 g/mol. The zero-order chi connectivity index (χ0) is 15.9. The van der Waals surface area contributed by atoms with Crippen LogP contribution in [0.4, 0.5) is 5.69 Å². The van der Waals surface area contributed by atoms with Gasteiger partial charge in [-0.15, -0.1) is 0 Å². The van der Waals surface area contributed by atoms with Gasteiger partial charge in [-0.1, -0.05) is 0 Å². The minimum atomic E-state index is -1.00. The van der Waals surface area contributed by atoms with Crippen LogP contribution in [0.3, 0.4) is 0 Å². The van der Waals surface area contributed by atoms with Crippen molar-refractivity contribution >= 4 is 23.5 Å². The van der Waals surface area contributed by atoms with Gasteiger partial charge in [0.1, 0.15) is 0 Å². The van der Waals surface area contributed by atoms with Gasteiger partial charge in [0.15, 0.2) is 0 Å². The van der Waals surface area contributed by atoms with Crippen LogP contribution in [0.2, 0.25) is 0 Å². The Kier molecular flexibility index (Phi) is 3.58. The number of carboxylic acid groups (broad SMARTS) is 1. The number of benzene rings is 1. The first-order valence-corrected chi connectivity index (χ1v) is 7.06. The predicted octanol–water partition coefficient (Wildman–Crippen LogP) is 0.602. The molecular formula is C15H16N2O5. The van der Waals surface area contributed by atoms with Gasteiger partial charge in [-0.05, 0) is 37.1 Å². The van der Waals surface area contributed by atoms with Gasteiger partial charge in [0.05, 0.1) is 24.0 Å². The van der Waals surface area contributed by atoms with Gasteiger partial charge in [0, 0.05) is 11.3 Å². The minimum absolute atomic E-state index is 0.337. The second kappa shape index (κ2) is 5.42. The van der Waals surface area contributed by atoms with E-state index < -0.39 is 23.7 Å². The van der Waals surface area contributed by atoms with Gasteiger partial charge in [-0.2, -0.15) is 0 Å². The number of carbonyl (C=O) groups is 3. The largest absolute Gasteiger partial charge is 0.481 e. The Labute approximate surface area is 126 Å². The molecule has 2 heterocycles. The number of rotatable bonds is 4. The minimum Gasteiger partial charge on any atom is -0.481 e. The second-order valence-electron chi connectivity index (χ2n) is 5.61. The van der Waals surface area contributed by atoms with Crippen molar-refractivity contribution in [2.75, 3.05) is 5.32 Å². The van der Waals surface area contributed by atoms with Crippen LogP contribution in [0.25, 0.3) is 0 Å². The van der Waals surface area contributed by atoms with Gasteiger partial charge in [-0.25, -0.2) is 0 Å². The molecule has 0 spiro atoms. The first-order chi connectivity index (χ1) is 10.5. The molecule has 4 N–H and O–H groups in total. The van der Waals surface area contributed by atoms with Crippen LogP contribution in [0, 0.1) is 11.8 Å². The first-order valence-electron chi connectivity index (χ1n) is 7.06. The van der Waals surface area contributed by atoms with E-state index in [9.17, 15) is 19.5 Å². The van der Waals surface area contributed by atoms with Crippen LogP contribution in [0.15, 0.2) is 24.3 Å². The van der Waals surface area contributed by atoms with E-state index in [1.807, 2.05) is 0 Å². The SMILES string of the molecule is NC(=O)c1ccc(NC(=O)[C@@H]2[C@@H](C(=O)O)[C@H]3CC[C@@H]2O3)cc1. The lowest BCUT2D eigenvalue weighted by Gasteiger charge is -2.23. The fourth-order valence-corrected chi connectivity index (χ4v) is 3.27. The first kappa shape index (κ1) is 14.5. The molecule has 0 unspecified atom stereocenters. The highest BCUT2D eigenvalue weighted by Crippen LogP contribution is 2.44. The van der Waals surface area contributed by atoms with Crippen LogP contribution in [0.1, 0.15) is 23.2 Å². The molecule has 7 nitrogen and oxygen atoms in total. The van der Waals surface area contributed by atoms with Crippen molar-refractivity contribution < 1.29 is 24.2 Å². The smallest absolute Gasteiger partial charge is 0.310 e. The summed E-state index contributed by atoms with van der Waals surface area (Å²) in [6.07, 6.45) is 0.665. The quantitative estimate of drug-likeness (QED) is 0.752. The maximum atomic E-state index is 12.4. The number of anilines is 1. The van der Waals surface area contributed by atoms with E-state index in [2.05, 4.69) is 5.32 Å². The van der Waals surface area contributed by atoms with Crippen LogP contribution in [-0.4, -0.2) is 35.1 Å². The Balaban J connectivity index is 1.73. The highest BCUT2D eigenvalue weighted by molar-refractivity contribution is 5.97. The molecule has 7 heteroatoms. The molecule has 2 aliphatic rings. The summed E-state index contributed by atoms with van der Waals surface area (Å²) in [7, 11) is 0. The Morgan fingerprint density at radius 3 is 2.23 bits per heavy atom. The molecule has 0 radical (unpaired) electrons. The molecule has 0 aromatic heterocycles. The van der Waals surface area contributed by atoms with Crippen molar-refractivity contribution in [1.82, 2.24) is 0 Å². The van der Waals surface area contributed by atoms with Crippen LogP contribution < -0.4 is 11.1 Å². The van der Waals surface area contributed by atoms with E-state index >= 15 is 0 Å². The number of hydrogen-bond donors (Lipinski definition) is 3. The molecule has 1 aromatic rings. The van der Waals surface area contributed by atoms with Crippen LogP contribution in [0.5, 0.6) is 0 Å². The van der Waals surface area contributed by atoms with Crippen LogP contribution in [-0.2, 0) is 14.3 Å². The number of amides is 2.